The van der Waals surface area contributed by atoms with Gasteiger partial charge in [0.15, 0.2) is 47.2 Å². The Morgan fingerprint density at radius 2 is 1.75 bits per heavy atom. The molecule has 6 unspecified atom stereocenters. The first kappa shape index (κ1) is 37.9. The summed E-state index contributed by atoms with van der Waals surface area (Å²) in [5.74, 6) is -0.918. The van der Waals surface area contributed by atoms with Crippen molar-refractivity contribution in [2.24, 2.45) is 0 Å². The number of rotatable bonds is 6. The molecule has 7 heterocycles. The van der Waals surface area contributed by atoms with Crippen molar-refractivity contribution in [3.05, 3.63) is 29.3 Å². The quantitative estimate of drug-likeness (QED) is 0.0801. The summed E-state index contributed by atoms with van der Waals surface area (Å²) in [6, 6.07) is 0. The monoisotopic (exact) mass is 824 g/mol. The number of nitrogen functional groups attached to an aromatic ring is 2. The van der Waals surface area contributed by atoms with Crippen LogP contribution in [-0.2, 0) is 46.2 Å². The third-order valence-corrected chi connectivity index (χ3v) is 13.0. The maximum absolute atomic E-state index is 16.3. The standard InChI is InChI=1S/C25H31FN10O13P2S2/c1-9(2)45-25(39)42-8-53-51(41)44-4-11-16(12(26)22(47-11)35-6-31-13-18(27)29-5-30-19(13)35)48-50(40,52)43-3-10-15(37)17(49-51)23(46-10)36-7-32-14-20(36)33-24(28)34-21(14)38/h5-7,9-12,15-17,22-23,37H,3-4,8H2,1-2H3,(H,40,52)(H2,27,29,30)(H3,28,33,34,38)/t10-,11-,12?,15?,16?,17?,22-,23-,50?,51?/m1/s1. The molecule has 0 radical (unpaired) electrons. The molecule has 10 atom stereocenters. The summed E-state index contributed by atoms with van der Waals surface area (Å²) in [5.41, 5.74) is 10.9. The molecule has 3 aliphatic heterocycles. The van der Waals surface area contributed by atoms with Crippen LogP contribution < -0.4 is 17.0 Å². The van der Waals surface area contributed by atoms with E-state index in [1.165, 1.54) is 15.5 Å². The van der Waals surface area contributed by atoms with Gasteiger partial charge < -0.3 is 35.5 Å². The molecule has 3 saturated heterocycles. The zero-order valence-electron chi connectivity index (χ0n) is 27.3. The Labute approximate surface area is 305 Å². The summed E-state index contributed by atoms with van der Waals surface area (Å²) in [7, 11) is 0. The Hall–Kier alpha value is -3.42. The van der Waals surface area contributed by atoms with E-state index in [1.807, 2.05) is 0 Å². The first-order valence-electron chi connectivity index (χ1n) is 15.5. The van der Waals surface area contributed by atoms with Crippen molar-refractivity contribution in [3.63, 3.8) is 0 Å². The van der Waals surface area contributed by atoms with Crippen LogP contribution in [0.3, 0.4) is 0 Å². The second kappa shape index (κ2) is 14.7. The van der Waals surface area contributed by atoms with E-state index in [4.69, 9.17) is 48.5 Å². The number of aliphatic hydroxyl groups excluding tert-OH is 1. The number of aromatic amines is 1. The topological polar surface area (TPSA) is 304 Å². The summed E-state index contributed by atoms with van der Waals surface area (Å²) >= 11 is 4.40. The molecule has 4 aromatic heterocycles. The minimum atomic E-state index is -4.64. The maximum atomic E-state index is 16.3. The van der Waals surface area contributed by atoms with Gasteiger partial charge in [0.25, 0.3) is 5.56 Å². The third-order valence-electron chi connectivity index (χ3n) is 7.99. The minimum Gasteiger partial charge on any atom is -0.432 e. The van der Waals surface area contributed by atoms with Gasteiger partial charge in [0.1, 0.15) is 42.4 Å². The molecule has 6 N–H and O–H groups in total. The van der Waals surface area contributed by atoms with E-state index < -0.39 is 99.7 Å². The van der Waals surface area contributed by atoms with Crippen LogP contribution in [0.1, 0.15) is 26.3 Å². The number of fused-ring (bicyclic) bond motifs is 5. The number of nitrogens with two attached hydrogens (primary N) is 2. The molecule has 0 aliphatic carbocycles. The zero-order valence-corrected chi connectivity index (χ0v) is 30.8. The van der Waals surface area contributed by atoms with E-state index in [9.17, 15) is 23.8 Å². The lowest BCUT2D eigenvalue weighted by molar-refractivity contribution is -0.0568. The number of hydrogen-bond acceptors (Lipinski definition) is 21. The van der Waals surface area contributed by atoms with Gasteiger partial charge in [0.05, 0.1) is 32.0 Å². The minimum absolute atomic E-state index is 0.0132. The van der Waals surface area contributed by atoms with E-state index in [0.29, 0.717) is 11.4 Å². The van der Waals surface area contributed by atoms with Crippen LogP contribution in [0.5, 0.6) is 0 Å². The number of anilines is 2. The number of halogens is 1. The number of imidazole rings is 2. The molecule has 23 nitrogen and oxygen atoms in total. The van der Waals surface area contributed by atoms with Gasteiger partial charge >= 0.3 is 19.8 Å². The van der Waals surface area contributed by atoms with Crippen molar-refractivity contribution in [1.82, 2.24) is 39.0 Å². The fourth-order valence-corrected chi connectivity index (χ4v) is 9.93. The number of carbonyl (C=O) groups is 1. The highest BCUT2D eigenvalue weighted by atomic mass is 32.7. The molecule has 4 aromatic rings. The number of aliphatic hydroxyl groups is 1. The van der Waals surface area contributed by atoms with Gasteiger partial charge in [-0.1, -0.05) is 12.2 Å². The van der Waals surface area contributed by atoms with Crippen molar-refractivity contribution < 1.29 is 60.5 Å². The van der Waals surface area contributed by atoms with Crippen molar-refractivity contribution in [3.8, 4) is 0 Å². The zero-order chi connectivity index (χ0) is 37.8. The molecule has 7 rings (SSSR count). The van der Waals surface area contributed by atoms with Gasteiger partial charge in [-0.3, -0.25) is 37.0 Å². The highest BCUT2D eigenvalue weighted by molar-refractivity contribution is 8.55. The van der Waals surface area contributed by atoms with Crippen molar-refractivity contribution in [2.75, 3.05) is 30.6 Å². The summed E-state index contributed by atoms with van der Waals surface area (Å²) in [6.07, 6.45) is -11.2. The largest absolute Gasteiger partial charge is 0.509 e. The Balaban J connectivity index is 1.23. The number of nitrogens with zero attached hydrogens (tertiary/aromatic N) is 7. The second-order valence-corrected chi connectivity index (χ2v) is 18.7. The summed E-state index contributed by atoms with van der Waals surface area (Å²) < 4.78 is 91.6. The van der Waals surface area contributed by atoms with E-state index in [1.54, 1.807) is 13.8 Å². The van der Waals surface area contributed by atoms with Crippen molar-refractivity contribution in [2.45, 2.75) is 69.1 Å². The molecule has 0 spiro atoms. The second-order valence-electron chi connectivity index (χ2n) is 11.9. The van der Waals surface area contributed by atoms with Gasteiger partial charge in [-0.15, -0.1) is 0 Å². The highest BCUT2D eigenvalue weighted by Crippen LogP contribution is 2.64. The highest BCUT2D eigenvalue weighted by Gasteiger charge is 2.54. The smallest absolute Gasteiger partial charge is 0.432 e. The number of aromatic nitrogens is 8. The number of ether oxygens (including phenoxy) is 4. The van der Waals surface area contributed by atoms with Crippen LogP contribution in [0.4, 0.5) is 21.0 Å². The van der Waals surface area contributed by atoms with Gasteiger partial charge in [-0.2, -0.15) is 4.98 Å². The fourth-order valence-electron chi connectivity index (χ4n) is 5.69. The molecule has 28 heteroatoms. The number of thiol groups is 1. The average molecular weight is 825 g/mol. The van der Waals surface area contributed by atoms with E-state index in [2.05, 4.69) is 42.2 Å². The van der Waals surface area contributed by atoms with E-state index >= 15 is 4.39 Å². The molecule has 3 fully saturated rings. The van der Waals surface area contributed by atoms with Crippen molar-refractivity contribution in [1.29, 1.82) is 0 Å². The lowest BCUT2D eigenvalue weighted by Crippen LogP contribution is -2.35. The average Bonchev–Trinajstić information content (AvgIpc) is 3.84. The SMILES string of the molecule is CC(C)OC(=O)OCSP1(=O)OC[C@H]2O[C@@H](n3cnc4c(N)ncnc43)C(F)C2OP(=O)(S)OC[C@H]2O[C@@H](n3cnc4c(=O)[nH]c(N)nc43)C(O1)C2O. The molecule has 3 aliphatic rings. The predicted octanol–water partition coefficient (Wildman–Crippen LogP) is 1.83. The van der Waals surface area contributed by atoms with Gasteiger partial charge in [-0.05, 0) is 13.8 Å². The van der Waals surface area contributed by atoms with Crippen LogP contribution in [0.2, 0.25) is 0 Å². The summed E-state index contributed by atoms with van der Waals surface area (Å²) in [5, 5.41) is 11.4. The molecule has 53 heavy (non-hydrogen) atoms. The molecule has 288 valence electrons. The maximum Gasteiger partial charge on any atom is 0.509 e. The van der Waals surface area contributed by atoms with Crippen LogP contribution in [0.15, 0.2) is 23.8 Å². The van der Waals surface area contributed by atoms with Crippen LogP contribution >= 0.6 is 37.2 Å². The molecule has 0 aromatic carbocycles. The first-order chi connectivity index (χ1) is 25.1. The fraction of sp³-hybridized carbons (Fsp3) is 0.560. The lowest BCUT2D eigenvalue weighted by Gasteiger charge is -2.27. The Morgan fingerprint density at radius 3 is 2.51 bits per heavy atom. The number of alkyl halides is 1. The number of nitrogens with one attached hydrogen (secondary N) is 1. The Kier molecular flexibility index (Phi) is 10.5. The molecular weight excluding hydrogens is 793 g/mol. The normalized spacial score (nSPS) is 33.7. The van der Waals surface area contributed by atoms with Crippen molar-refractivity contribution >= 4 is 77.5 Å². The van der Waals surface area contributed by atoms with Crippen LogP contribution in [0, 0.1) is 0 Å². The van der Waals surface area contributed by atoms with E-state index in [-0.39, 0.29) is 34.1 Å². The summed E-state index contributed by atoms with van der Waals surface area (Å²) in [6.45, 7) is -7.44. The van der Waals surface area contributed by atoms with Gasteiger partial charge in [0, 0.05) is 11.4 Å². The van der Waals surface area contributed by atoms with Gasteiger partial charge in [0.2, 0.25) is 5.95 Å². The summed E-state index contributed by atoms with van der Waals surface area (Å²) in [4.78, 5) is 47.2. The third kappa shape index (κ3) is 7.62. The number of carbonyl (C=O) groups excluding carboxylic acids is 1. The lowest BCUT2D eigenvalue weighted by atomic mass is 10.1. The van der Waals surface area contributed by atoms with E-state index in [0.717, 1.165) is 12.7 Å². The predicted molar refractivity (Wildman–Crippen MR) is 182 cm³/mol. The van der Waals surface area contributed by atoms with Crippen LogP contribution in [0.25, 0.3) is 22.3 Å². The Morgan fingerprint density at radius 1 is 1.06 bits per heavy atom. The molecular formula is C25H31FN10O13P2S2. The molecule has 0 amide bonds. The molecule has 0 saturated carbocycles. The number of H-pyrrole nitrogens is 1. The van der Waals surface area contributed by atoms with Crippen LogP contribution in [-0.4, -0.2) is 112 Å². The first-order valence-corrected chi connectivity index (χ1v) is 21.3. The molecule has 2 bridgehead atoms. The Bertz CT molecular complexity index is 2180. The van der Waals surface area contributed by atoms with Gasteiger partial charge in [-0.25, -0.2) is 38.3 Å². The number of hydrogen-bond donors (Lipinski definition) is 5.